The number of aromatic nitrogens is 3. The lowest BCUT2D eigenvalue weighted by molar-refractivity contribution is -0.122. The number of anilines is 2. The van der Waals surface area contributed by atoms with Gasteiger partial charge in [0.2, 0.25) is 11.9 Å². The number of benzene rings is 2. The number of amides is 1. The molecule has 2 aromatic carbocycles. The fourth-order valence-corrected chi connectivity index (χ4v) is 5.25. The standard InChI is InChI=1S/C28H29ClFN7O3S/c1-18(21-4-2-3-5-24(21)30)35-27-22-12-19(6-7-25(22)31-15-23(27)29)20-13-32-28(33-14-20)37-10-8-36(9-11-37)16-26(38)34-17-41(39)40/h2-7,12-15,18H,8-11,16-17H2,1H3,(H,31,35)(H,34,38)(H,39,40)/t18-/m1/s1. The van der Waals surface area contributed by atoms with Gasteiger partial charge in [-0.25, -0.2) is 18.6 Å². The summed E-state index contributed by atoms with van der Waals surface area (Å²) in [6, 6.07) is 12.1. The van der Waals surface area contributed by atoms with Gasteiger partial charge in [-0.05, 0) is 30.7 Å². The van der Waals surface area contributed by atoms with E-state index in [-0.39, 0.29) is 30.2 Å². The van der Waals surface area contributed by atoms with Gasteiger partial charge in [-0.15, -0.1) is 0 Å². The van der Waals surface area contributed by atoms with Crippen molar-refractivity contribution in [3.05, 3.63) is 77.5 Å². The molecule has 1 aliphatic heterocycles. The van der Waals surface area contributed by atoms with Crippen LogP contribution in [0.3, 0.4) is 0 Å². The molecule has 1 fully saturated rings. The van der Waals surface area contributed by atoms with E-state index in [1.807, 2.05) is 30.0 Å². The van der Waals surface area contributed by atoms with Gasteiger partial charge in [-0.2, -0.15) is 0 Å². The maximum absolute atomic E-state index is 14.4. The van der Waals surface area contributed by atoms with Crippen molar-refractivity contribution < 1.29 is 17.9 Å². The van der Waals surface area contributed by atoms with Crippen molar-refractivity contribution in [2.24, 2.45) is 0 Å². The Morgan fingerprint density at radius 1 is 1.07 bits per heavy atom. The maximum atomic E-state index is 14.4. The Kier molecular flexibility index (Phi) is 9.03. The first-order valence-corrected chi connectivity index (χ1v) is 14.7. The largest absolute Gasteiger partial charge is 0.377 e. The summed E-state index contributed by atoms with van der Waals surface area (Å²) in [5, 5.41) is 7.03. The van der Waals surface area contributed by atoms with E-state index < -0.39 is 11.1 Å². The van der Waals surface area contributed by atoms with Crippen molar-refractivity contribution >= 4 is 51.1 Å². The molecule has 2 atom stereocenters. The molecule has 41 heavy (non-hydrogen) atoms. The van der Waals surface area contributed by atoms with E-state index >= 15 is 0 Å². The van der Waals surface area contributed by atoms with Crippen LogP contribution in [0.4, 0.5) is 16.0 Å². The fraction of sp³-hybridized carbons (Fsp3) is 0.286. The molecule has 1 unspecified atom stereocenters. The van der Waals surface area contributed by atoms with Crippen LogP contribution < -0.4 is 15.5 Å². The highest BCUT2D eigenvalue weighted by Crippen LogP contribution is 2.35. The summed E-state index contributed by atoms with van der Waals surface area (Å²) in [5.74, 6) is -0.248. The topological polar surface area (TPSA) is 124 Å². The Labute approximate surface area is 244 Å². The Hall–Kier alpha value is -3.71. The molecule has 214 valence electrons. The Bertz CT molecular complexity index is 1570. The van der Waals surface area contributed by atoms with Gasteiger partial charge in [0.25, 0.3) is 0 Å². The molecule has 1 aliphatic rings. The second kappa shape index (κ2) is 12.9. The summed E-state index contributed by atoms with van der Waals surface area (Å²) in [6.45, 7) is 4.62. The first-order chi connectivity index (χ1) is 19.8. The number of halogens is 2. The van der Waals surface area contributed by atoms with Crippen LogP contribution in [0.5, 0.6) is 0 Å². The molecule has 1 amide bonds. The SMILES string of the molecule is C[C@@H](Nc1c(Cl)cnc2ccc(-c3cnc(N4CCN(CC(=O)NCS(=O)O)CC4)nc3)cc12)c1ccccc1F. The van der Waals surface area contributed by atoms with E-state index in [2.05, 4.69) is 30.5 Å². The zero-order valence-corrected chi connectivity index (χ0v) is 23.8. The number of nitrogens with zero attached hydrogens (tertiary/aromatic N) is 5. The summed E-state index contributed by atoms with van der Waals surface area (Å²) in [6.07, 6.45) is 5.12. The molecule has 13 heteroatoms. The smallest absolute Gasteiger partial charge is 0.234 e. The van der Waals surface area contributed by atoms with Crippen LogP contribution >= 0.6 is 11.6 Å². The van der Waals surface area contributed by atoms with Gasteiger partial charge in [0, 0.05) is 61.3 Å². The van der Waals surface area contributed by atoms with Crippen molar-refractivity contribution in [1.29, 1.82) is 0 Å². The van der Waals surface area contributed by atoms with Gasteiger partial charge in [0.15, 0.2) is 11.1 Å². The highest BCUT2D eigenvalue weighted by Gasteiger charge is 2.21. The van der Waals surface area contributed by atoms with E-state index in [0.29, 0.717) is 48.4 Å². The Balaban J connectivity index is 1.28. The van der Waals surface area contributed by atoms with Gasteiger partial charge in [0.1, 0.15) is 11.7 Å². The summed E-state index contributed by atoms with van der Waals surface area (Å²) < 4.78 is 33.9. The molecule has 3 heterocycles. The molecule has 10 nitrogen and oxygen atoms in total. The molecule has 0 saturated carbocycles. The number of piperazine rings is 1. The van der Waals surface area contributed by atoms with Crippen LogP contribution in [-0.2, 0) is 15.9 Å². The van der Waals surface area contributed by atoms with E-state index in [0.717, 1.165) is 22.0 Å². The third-order valence-corrected chi connectivity index (χ3v) is 7.62. The van der Waals surface area contributed by atoms with Gasteiger partial charge < -0.3 is 20.1 Å². The predicted molar refractivity (Wildman–Crippen MR) is 159 cm³/mol. The van der Waals surface area contributed by atoms with Crippen molar-refractivity contribution in [1.82, 2.24) is 25.2 Å². The minimum absolute atomic E-state index is 0.168. The van der Waals surface area contributed by atoms with Gasteiger partial charge in [-0.3, -0.25) is 14.7 Å². The summed E-state index contributed by atoms with van der Waals surface area (Å²) in [4.78, 5) is 29.6. The average Bonchev–Trinajstić information content (AvgIpc) is 2.98. The number of hydrogen-bond acceptors (Lipinski definition) is 8. The fourth-order valence-electron chi connectivity index (χ4n) is 4.76. The molecular formula is C28H29ClFN7O3S. The average molecular weight is 598 g/mol. The minimum atomic E-state index is -2.06. The van der Waals surface area contributed by atoms with E-state index in [4.69, 9.17) is 16.2 Å². The van der Waals surface area contributed by atoms with Crippen LogP contribution in [0.15, 0.2) is 61.1 Å². The number of carbonyl (C=O) groups excluding carboxylic acids is 1. The maximum Gasteiger partial charge on any atom is 0.234 e. The Morgan fingerprint density at radius 2 is 1.80 bits per heavy atom. The monoisotopic (exact) mass is 597 g/mol. The highest BCUT2D eigenvalue weighted by molar-refractivity contribution is 7.79. The summed E-state index contributed by atoms with van der Waals surface area (Å²) in [7, 11) is 0. The number of hydrogen-bond donors (Lipinski definition) is 3. The quantitative estimate of drug-likeness (QED) is 0.245. The van der Waals surface area contributed by atoms with Crippen molar-refractivity contribution in [2.45, 2.75) is 13.0 Å². The third kappa shape index (κ3) is 6.96. The normalized spacial score (nSPS) is 15.5. The second-order valence-electron chi connectivity index (χ2n) is 9.70. The molecule has 1 saturated heterocycles. The molecule has 0 spiro atoms. The molecule has 5 rings (SSSR count). The van der Waals surface area contributed by atoms with Crippen LogP contribution in [0.1, 0.15) is 18.5 Å². The van der Waals surface area contributed by atoms with Gasteiger partial charge in [0.05, 0.1) is 28.8 Å². The van der Waals surface area contributed by atoms with E-state index in [1.165, 1.54) is 6.07 Å². The highest BCUT2D eigenvalue weighted by atomic mass is 35.5. The molecule has 3 N–H and O–H groups in total. The first-order valence-electron chi connectivity index (χ1n) is 13.0. The number of rotatable bonds is 9. The molecule has 0 aliphatic carbocycles. The van der Waals surface area contributed by atoms with E-state index in [9.17, 15) is 13.4 Å². The molecule has 4 aromatic rings. The van der Waals surface area contributed by atoms with Gasteiger partial charge in [-0.1, -0.05) is 35.9 Å². The first kappa shape index (κ1) is 28.8. The van der Waals surface area contributed by atoms with Crippen LogP contribution in [0, 0.1) is 5.82 Å². The molecule has 0 bridgehead atoms. The molecule has 0 radical (unpaired) electrons. The number of pyridine rings is 1. The van der Waals surface area contributed by atoms with Crippen LogP contribution in [-0.4, -0.2) is 73.1 Å². The summed E-state index contributed by atoms with van der Waals surface area (Å²) >= 11 is 4.49. The zero-order chi connectivity index (χ0) is 28.9. The molecule has 2 aromatic heterocycles. The Morgan fingerprint density at radius 3 is 2.51 bits per heavy atom. The van der Waals surface area contributed by atoms with Crippen molar-refractivity contribution in [3.8, 4) is 11.1 Å². The van der Waals surface area contributed by atoms with Gasteiger partial charge >= 0.3 is 0 Å². The van der Waals surface area contributed by atoms with E-state index in [1.54, 1.807) is 36.8 Å². The zero-order valence-electron chi connectivity index (χ0n) is 22.3. The predicted octanol–water partition coefficient (Wildman–Crippen LogP) is 4.07. The number of carbonyl (C=O) groups is 1. The van der Waals surface area contributed by atoms with Crippen LogP contribution in [0.25, 0.3) is 22.0 Å². The second-order valence-corrected chi connectivity index (χ2v) is 11.0. The summed E-state index contributed by atoms with van der Waals surface area (Å²) in [5.41, 5.74) is 3.66. The lowest BCUT2D eigenvalue weighted by atomic mass is 10.0. The van der Waals surface area contributed by atoms with Crippen molar-refractivity contribution in [2.75, 3.05) is 48.8 Å². The minimum Gasteiger partial charge on any atom is -0.377 e. The lowest BCUT2D eigenvalue weighted by Gasteiger charge is -2.34. The number of nitrogens with one attached hydrogen (secondary N) is 2. The van der Waals surface area contributed by atoms with Crippen molar-refractivity contribution in [3.63, 3.8) is 0 Å². The third-order valence-electron chi connectivity index (χ3n) is 6.94. The lowest BCUT2D eigenvalue weighted by Crippen LogP contribution is -2.50. The molecular weight excluding hydrogens is 569 g/mol. The van der Waals surface area contributed by atoms with Crippen LogP contribution in [0.2, 0.25) is 5.02 Å². The number of fused-ring (bicyclic) bond motifs is 1.